The first-order valence-electron chi connectivity index (χ1n) is 3.86. The zero-order valence-electron chi connectivity index (χ0n) is 6.86. The third-order valence-corrected chi connectivity index (χ3v) is 1.81. The van der Waals surface area contributed by atoms with E-state index in [9.17, 15) is 0 Å². The lowest BCUT2D eigenvalue weighted by Crippen LogP contribution is -2.29. The van der Waals surface area contributed by atoms with Gasteiger partial charge in [0.15, 0.2) is 0 Å². The molecule has 0 aromatic carbocycles. The Morgan fingerprint density at radius 3 is 3.00 bits per heavy atom. The van der Waals surface area contributed by atoms with Crippen LogP contribution in [0.2, 0.25) is 0 Å². The van der Waals surface area contributed by atoms with Crippen molar-refractivity contribution < 1.29 is 0 Å². The van der Waals surface area contributed by atoms with Crippen LogP contribution in [0.1, 0.15) is 17.6 Å². The largest absolute Gasteiger partial charge is 0.363 e. The van der Waals surface area contributed by atoms with Crippen molar-refractivity contribution in [3.05, 3.63) is 36.2 Å². The van der Waals surface area contributed by atoms with E-state index < -0.39 is 0 Å². The predicted molar refractivity (Wildman–Crippen MR) is 46.3 cm³/mol. The van der Waals surface area contributed by atoms with Gasteiger partial charge in [0.05, 0.1) is 0 Å². The summed E-state index contributed by atoms with van der Waals surface area (Å²) in [6, 6.07) is 3.65. The lowest BCUT2D eigenvalue weighted by Gasteiger charge is -2.10. The first-order chi connectivity index (χ1) is 6.42. The van der Waals surface area contributed by atoms with Crippen LogP contribution in [0.25, 0.3) is 0 Å². The highest BCUT2D eigenvalue weighted by atomic mass is 15.3. The van der Waals surface area contributed by atoms with E-state index >= 15 is 0 Å². The summed E-state index contributed by atoms with van der Waals surface area (Å²) >= 11 is 0. The van der Waals surface area contributed by atoms with Gasteiger partial charge < -0.3 is 4.98 Å². The van der Waals surface area contributed by atoms with Crippen molar-refractivity contribution in [3.8, 4) is 0 Å². The van der Waals surface area contributed by atoms with Gasteiger partial charge in [-0.05, 0) is 12.1 Å². The Bertz CT molecular complexity index is 303. The minimum Gasteiger partial charge on any atom is -0.363 e. The van der Waals surface area contributed by atoms with Gasteiger partial charge in [0.2, 0.25) is 0 Å². The molecule has 0 aliphatic rings. The maximum atomic E-state index is 5.40. The van der Waals surface area contributed by atoms with Crippen LogP contribution in [0.5, 0.6) is 0 Å². The minimum absolute atomic E-state index is 0.169. The van der Waals surface area contributed by atoms with E-state index in [1.807, 2.05) is 18.3 Å². The standard InChI is InChI=1S/C7H10N6/c8-12-6(5-2-1-3-9-5)7-10-4-11-13-7/h1-4,6,9,12H,8H2,(H,10,11,13). The first-order valence-corrected chi connectivity index (χ1v) is 3.86. The molecule has 0 amide bonds. The number of H-pyrrole nitrogens is 2. The second kappa shape index (κ2) is 3.38. The van der Waals surface area contributed by atoms with E-state index in [0.29, 0.717) is 5.82 Å². The number of rotatable bonds is 3. The number of nitrogens with one attached hydrogen (secondary N) is 3. The van der Waals surface area contributed by atoms with Crippen LogP contribution in [0.4, 0.5) is 0 Å². The fourth-order valence-electron chi connectivity index (χ4n) is 1.19. The number of nitrogens with zero attached hydrogens (tertiary/aromatic N) is 2. The van der Waals surface area contributed by atoms with Gasteiger partial charge in [0, 0.05) is 11.9 Å². The summed E-state index contributed by atoms with van der Waals surface area (Å²) in [5.41, 5.74) is 3.59. The van der Waals surface area contributed by atoms with E-state index in [4.69, 9.17) is 5.84 Å². The van der Waals surface area contributed by atoms with E-state index in [1.54, 1.807) is 0 Å². The molecule has 0 radical (unpaired) electrons. The van der Waals surface area contributed by atoms with Crippen molar-refractivity contribution >= 4 is 0 Å². The summed E-state index contributed by atoms with van der Waals surface area (Å²) < 4.78 is 0. The molecule has 6 nitrogen and oxygen atoms in total. The van der Waals surface area contributed by atoms with Crippen molar-refractivity contribution in [2.75, 3.05) is 0 Å². The zero-order chi connectivity index (χ0) is 9.10. The van der Waals surface area contributed by atoms with Gasteiger partial charge in [0.1, 0.15) is 18.2 Å². The predicted octanol–water partition coefficient (Wildman–Crippen LogP) is -0.315. The lowest BCUT2D eigenvalue weighted by molar-refractivity contribution is 0.592. The monoisotopic (exact) mass is 178 g/mol. The molecule has 0 fully saturated rings. The minimum atomic E-state index is -0.169. The van der Waals surface area contributed by atoms with Gasteiger partial charge in [-0.3, -0.25) is 10.9 Å². The summed E-state index contributed by atoms with van der Waals surface area (Å²) in [5.74, 6) is 6.08. The molecule has 2 aromatic heterocycles. The highest BCUT2D eigenvalue weighted by Crippen LogP contribution is 2.14. The Labute approximate surface area is 74.5 Å². The highest BCUT2D eigenvalue weighted by molar-refractivity contribution is 5.16. The van der Waals surface area contributed by atoms with Crippen molar-refractivity contribution in [1.82, 2.24) is 25.6 Å². The van der Waals surface area contributed by atoms with E-state index in [-0.39, 0.29) is 6.04 Å². The van der Waals surface area contributed by atoms with E-state index in [0.717, 1.165) is 5.69 Å². The molecule has 0 bridgehead atoms. The summed E-state index contributed by atoms with van der Waals surface area (Å²) in [5, 5.41) is 6.51. The smallest absolute Gasteiger partial charge is 0.148 e. The normalized spacial score (nSPS) is 13.0. The van der Waals surface area contributed by atoms with Crippen LogP contribution in [0.3, 0.4) is 0 Å². The third kappa shape index (κ3) is 1.44. The Kier molecular flexibility index (Phi) is 2.07. The summed E-state index contributed by atoms with van der Waals surface area (Å²) in [7, 11) is 0. The summed E-state index contributed by atoms with van der Waals surface area (Å²) in [6.07, 6.45) is 3.28. The summed E-state index contributed by atoms with van der Waals surface area (Å²) in [6.45, 7) is 0. The number of hydrogen-bond donors (Lipinski definition) is 4. The molecule has 1 atom stereocenters. The highest BCUT2D eigenvalue weighted by Gasteiger charge is 2.15. The quantitative estimate of drug-likeness (QED) is 0.383. The number of nitrogens with two attached hydrogens (primary N) is 1. The topological polar surface area (TPSA) is 95.4 Å². The van der Waals surface area contributed by atoms with Gasteiger partial charge >= 0.3 is 0 Å². The molecule has 0 aliphatic carbocycles. The second-order valence-electron chi connectivity index (χ2n) is 2.60. The van der Waals surface area contributed by atoms with Crippen LogP contribution < -0.4 is 11.3 Å². The number of hydrogen-bond acceptors (Lipinski definition) is 4. The molecule has 0 spiro atoms. The van der Waals surface area contributed by atoms with Crippen molar-refractivity contribution in [2.45, 2.75) is 6.04 Å². The molecule has 2 aromatic rings. The zero-order valence-corrected chi connectivity index (χ0v) is 6.86. The number of hydrazine groups is 1. The Hall–Kier alpha value is -1.66. The molecule has 2 rings (SSSR count). The maximum absolute atomic E-state index is 5.40. The first kappa shape index (κ1) is 7.96. The molecular weight excluding hydrogens is 168 g/mol. The maximum Gasteiger partial charge on any atom is 0.148 e. The van der Waals surface area contributed by atoms with Gasteiger partial charge in [-0.2, -0.15) is 5.10 Å². The van der Waals surface area contributed by atoms with E-state index in [2.05, 4.69) is 25.6 Å². The fraction of sp³-hybridized carbons (Fsp3) is 0.143. The van der Waals surface area contributed by atoms with Gasteiger partial charge in [-0.25, -0.2) is 10.4 Å². The lowest BCUT2D eigenvalue weighted by atomic mass is 10.2. The van der Waals surface area contributed by atoms with Crippen LogP contribution in [0, 0.1) is 0 Å². The van der Waals surface area contributed by atoms with Crippen LogP contribution in [-0.2, 0) is 0 Å². The SMILES string of the molecule is NNC(c1ccc[nH]1)c1ncn[nH]1. The molecule has 2 heterocycles. The van der Waals surface area contributed by atoms with Gasteiger partial charge in [0.25, 0.3) is 0 Å². The molecule has 0 saturated heterocycles. The molecule has 13 heavy (non-hydrogen) atoms. The molecule has 1 unspecified atom stereocenters. The fourth-order valence-corrected chi connectivity index (χ4v) is 1.19. The molecule has 0 aliphatic heterocycles. The van der Waals surface area contributed by atoms with Crippen molar-refractivity contribution in [1.29, 1.82) is 0 Å². The van der Waals surface area contributed by atoms with Crippen LogP contribution >= 0.6 is 0 Å². The Balaban J connectivity index is 2.29. The van der Waals surface area contributed by atoms with Crippen LogP contribution in [0.15, 0.2) is 24.7 Å². The molecule has 5 N–H and O–H groups in total. The van der Waals surface area contributed by atoms with Gasteiger partial charge in [-0.1, -0.05) is 0 Å². The second-order valence-corrected chi connectivity index (χ2v) is 2.60. The average molecular weight is 178 g/mol. The third-order valence-electron chi connectivity index (χ3n) is 1.81. The van der Waals surface area contributed by atoms with Crippen molar-refractivity contribution in [2.24, 2.45) is 5.84 Å². The number of aromatic amines is 2. The number of aromatic nitrogens is 4. The van der Waals surface area contributed by atoms with Crippen LogP contribution in [-0.4, -0.2) is 20.2 Å². The Morgan fingerprint density at radius 1 is 1.54 bits per heavy atom. The van der Waals surface area contributed by atoms with Crippen molar-refractivity contribution in [3.63, 3.8) is 0 Å². The molecule has 6 heteroatoms. The van der Waals surface area contributed by atoms with E-state index in [1.165, 1.54) is 6.33 Å². The van der Waals surface area contributed by atoms with Gasteiger partial charge in [-0.15, -0.1) is 0 Å². The average Bonchev–Trinajstić information content (AvgIpc) is 2.76. The molecular formula is C7H10N6. The molecule has 0 saturated carbocycles. The Morgan fingerprint density at radius 2 is 2.46 bits per heavy atom. The summed E-state index contributed by atoms with van der Waals surface area (Å²) in [4.78, 5) is 7.06. The molecule has 68 valence electrons.